The minimum absolute atomic E-state index is 1.04. The summed E-state index contributed by atoms with van der Waals surface area (Å²) in [4.78, 5) is 7.25. The third-order valence-corrected chi connectivity index (χ3v) is 13.9. The fourth-order valence-electron chi connectivity index (χ4n) is 10.5. The van der Waals surface area contributed by atoms with E-state index in [1.165, 1.54) is 60.6 Å². The van der Waals surface area contributed by atoms with E-state index in [2.05, 4.69) is 300 Å². The van der Waals surface area contributed by atoms with E-state index in [0.717, 1.165) is 56.6 Å². The highest BCUT2D eigenvalue weighted by molar-refractivity contribution is 6.14. The van der Waals surface area contributed by atoms with Gasteiger partial charge in [-0.1, -0.05) is 194 Å². The second kappa shape index (κ2) is 17.9. The highest BCUT2D eigenvalue weighted by Crippen LogP contribution is 2.53. The molecule has 1 heterocycles. The fourth-order valence-corrected chi connectivity index (χ4v) is 10.5. The van der Waals surface area contributed by atoms with Crippen LogP contribution in [0.4, 0.5) is 51.2 Å². The predicted octanol–water partition coefficient (Wildman–Crippen LogP) is 19.4. The van der Waals surface area contributed by atoms with Crippen LogP contribution in [0.5, 0.6) is 0 Å². The minimum atomic E-state index is 1.04. The second-order valence-electron chi connectivity index (χ2n) is 18.2. The number of nitrogens with zero attached hydrogens (tertiary/aromatic N) is 3. The van der Waals surface area contributed by atoms with E-state index in [0.29, 0.717) is 0 Å². The van der Waals surface area contributed by atoms with Gasteiger partial charge in [0.25, 0.3) is 0 Å². The zero-order valence-corrected chi connectivity index (χ0v) is 39.0. The summed E-state index contributed by atoms with van der Waals surface area (Å²) >= 11 is 0. The third kappa shape index (κ3) is 7.76. The minimum Gasteiger partial charge on any atom is -0.310 e. The smallest absolute Gasteiger partial charge is 0.0546 e. The Morgan fingerprint density at radius 2 is 0.690 bits per heavy atom. The number of hydrogen-bond donors (Lipinski definition) is 0. The lowest BCUT2D eigenvalue weighted by atomic mass is 9.89. The van der Waals surface area contributed by atoms with Crippen LogP contribution in [-0.4, -0.2) is 0 Å². The number of para-hydroxylation sites is 2. The van der Waals surface area contributed by atoms with Gasteiger partial charge in [0, 0.05) is 50.8 Å². The summed E-state index contributed by atoms with van der Waals surface area (Å²) in [6.45, 7) is 0. The van der Waals surface area contributed by atoms with Crippen LogP contribution >= 0.6 is 0 Å². The lowest BCUT2D eigenvalue weighted by molar-refractivity contribution is 1.25. The lowest BCUT2D eigenvalue weighted by Crippen LogP contribution is -2.15. The Morgan fingerprint density at radius 1 is 0.225 bits per heavy atom. The van der Waals surface area contributed by atoms with Gasteiger partial charge in [0.15, 0.2) is 0 Å². The van der Waals surface area contributed by atoms with Gasteiger partial charge in [-0.25, -0.2) is 0 Å². The molecule has 0 saturated carbocycles. The van der Waals surface area contributed by atoms with Crippen LogP contribution in [-0.2, 0) is 0 Å². The molecule has 0 amide bonds. The van der Waals surface area contributed by atoms with Crippen LogP contribution in [0.2, 0.25) is 0 Å². The summed E-state index contributed by atoms with van der Waals surface area (Å²) in [5.74, 6) is 0. The Bertz CT molecular complexity index is 3700. The van der Waals surface area contributed by atoms with Crippen molar-refractivity contribution in [3.05, 3.63) is 285 Å². The summed E-state index contributed by atoms with van der Waals surface area (Å²) in [6, 6.07) is 104. The van der Waals surface area contributed by atoms with Crippen LogP contribution < -0.4 is 14.7 Å². The summed E-state index contributed by atoms with van der Waals surface area (Å²) in [5, 5.41) is 4.93. The Balaban J connectivity index is 1.04. The van der Waals surface area contributed by atoms with Crippen LogP contribution in [0.1, 0.15) is 0 Å². The molecule has 0 saturated heterocycles. The van der Waals surface area contributed by atoms with Crippen molar-refractivity contribution in [1.29, 1.82) is 0 Å². The summed E-state index contributed by atoms with van der Waals surface area (Å²) in [7, 11) is 0. The van der Waals surface area contributed by atoms with E-state index in [-0.39, 0.29) is 0 Å². The molecule has 1 aliphatic heterocycles. The van der Waals surface area contributed by atoms with Gasteiger partial charge >= 0.3 is 0 Å². The van der Waals surface area contributed by atoms with E-state index in [1.807, 2.05) is 0 Å². The first-order valence-corrected chi connectivity index (χ1v) is 24.3. The lowest BCUT2D eigenvalue weighted by Gasteiger charge is -2.34. The van der Waals surface area contributed by atoms with E-state index >= 15 is 0 Å². The van der Waals surface area contributed by atoms with Crippen LogP contribution in [0.15, 0.2) is 285 Å². The highest BCUT2D eigenvalue weighted by Gasteiger charge is 2.27. The zero-order chi connectivity index (χ0) is 47.1. The van der Waals surface area contributed by atoms with Crippen molar-refractivity contribution >= 4 is 72.7 Å². The molecular weight excluding hydrogens is 859 g/mol. The molecule has 0 N–H and O–H groups in total. The molecule has 71 heavy (non-hydrogen) atoms. The zero-order valence-electron chi connectivity index (χ0n) is 39.0. The average molecular weight is 906 g/mol. The summed E-state index contributed by atoms with van der Waals surface area (Å²) in [5.41, 5.74) is 19.2. The van der Waals surface area contributed by atoms with Crippen molar-refractivity contribution in [2.24, 2.45) is 0 Å². The molecule has 3 nitrogen and oxygen atoms in total. The van der Waals surface area contributed by atoms with Gasteiger partial charge in [-0.3, -0.25) is 0 Å². The molecular formula is C68H47N3. The average Bonchev–Trinajstić information content (AvgIpc) is 3.44. The maximum absolute atomic E-state index is 2.47. The highest BCUT2D eigenvalue weighted by atomic mass is 15.2. The molecule has 0 bridgehead atoms. The predicted molar refractivity (Wildman–Crippen MR) is 301 cm³/mol. The molecule has 0 aliphatic carbocycles. The van der Waals surface area contributed by atoms with Gasteiger partial charge in [0.1, 0.15) is 0 Å². The Morgan fingerprint density at radius 3 is 1.27 bits per heavy atom. The van der Waals surface area contributed by atoms with Gasteiger partial charge in [0.05, 0.1) is 11.4 Å². The van der Waals surface area contributed by atoms with E-state index in [1.54, 1.807) is 0 Å². The molecule has 0 atom stereocenters. The van der Waals surface area contributed by atoms with Gasteiger partial charge in [-0.15, -0.1) is 0 Å². The van der Waals surface area contributed by atoms with Gasteiger partial charge in [-0.2, -0.15) is 0 Å². The number of hydrogen-bond acceptors (Lipinski definition) is 3. The van der Waals surface area contributed by atoms with Crippen molar-refractivity contribution in [1.82, 2.24) is 0 Å². The molecule has 334 valence electrons. The monoisotopic (exact) mass is 905 g/mol. The summed E-state index contributed by atoms with van der Waals surface area (Å²) < 4.78 is 0. The van der Waals surface area contributed by atoms with Crippen molar-refractivity contribution in [3.8, 4) is 44.5 Å². The van der Waals surface area contributed by atoms with Gasteiger partial charge < -0.3 is 14.7 Å². The maximum Gasteiger partial charge on any atom is 0.0546 e. The molecule has 0 radical (unpaired) electrons. The third-order valence-electron chi connectivity index (χ3n) is 13.9. The van der Waals surface area contributed by atoms with Crippen molar-refractivity contribution in [2.45, 2.75) is 0 Å². The number of benzene rings is 12. The number of fused-ring (bicyclic) bond motifs is 3. The normalized spacial score (nSPS) is 11.6. The first-order valence-electron chi connectivity index (χ1n) is 24.3. The number of anilines is 9. The quantitative estimate of drug-likeness (QED) is 0.135. The maximum atomic E-state index is 2.47. The SMILES string of the molecule is c1ccc(-c2ccc(N(c3ccccc3)c3cc(-c4ccc5c(c4)N(c4ccc6ccccc6c4)c4cccc6cccc-5c46)cc(N(c4ccccc4)c4ccc(-c5ccccc5)cc4)c3)cc2)cc1. The largest absolute Gasteiger partial charge is 0.310 e. The standard InChI is InChI=1S/C68H47N3/c1-5-17-48(18-6-1)51-31-37-59(38-32-51)69(57-25-9-3-10-26-57)62-44-56(45-63(47-62)70(58-27-11-4-12-28-58)60-39-33-52(34-40-60)49-19-7-2-8-20-49)55-36-42-64-65-29-15-23-53-24-16-30-66(68(53)65)71(67(64)46-55)61-41-35-50-21-13-14-22-54(50)43-61/h1-47H. The van der Waals surface area contributed by atoms with Crippen LogP contribution in [0, 0.1) is 0 Å². The Kier molecular flexibility index (Phi) is 10.5. The van der Waals surface area contributed by atoms with E-state index in [9.17, 15) is 0 Å². The molecule has 0 aromatic heterocycles. The molecule has 1 aliphatic rings. The Hall–Kier alpha value is -9.44. The van der Waals surface area contributed by atoms with Crippen molar-refractivity contribution < 1.29 is 0 Å². The molecule has 3 heteroatoms. The van der Waals surface area contributed by atoms with E-state index < -0.39 is 0 Å². The second-order valence-corrected chi connectivity index (χ2v) is 18.2. The first-order chi connectivity index (χ1) is 35.2. The first kappa shape index (κ1) is 41.7. The molecule has 12 aromatic rings. The molecule has 13 rings (SSSR count). The van der Waals surface area contributed by atoms with Crippen LogP contribution in [0.25, 0.3) is 66.1 Å². The number of rotatable bonds is 10. The molecule has 12 aromatic carbocycles. The molecule has 0 unspecified atom stereocenters. The van der Waals surface area contributed by atoms with Crippen molar-refractivity contribution in [3.63, 3.8) is 0 Å². The van der Waals surface area contributed by atoms with E-state index in [4.69, 9.17) is 0 Å². The van der Waals surface area contributed by atoms with Gasteiger partial charge in [0.2, 0.25) is 0 Å². The Labute approximate surface area is 415 Å². The molecule has 0 fully saturated rings. The molecule has 0 spiro atoms. The van der Waals surface area contributed by atoms with Crippen LogP contribution in [0.3, 0.4) is 0 Å². The fraction of sp³-hybridized carbons (Fsp3) is 0. The van der Waals surface area contributed by atoms with Gasteiger partial charge in [-0.05, 0) is 146 Å². The summed E-state index contributed by atoms with van der Waals surface area (Å²) in [6.07, 6.45) is 0. The topological polar surface area (TPSA) is 9.72 Å². The van der Waals surface area contributed by atoms with Crippen molar-refractivity contribution in [2.75, 3.05) is 14.7 Å².